The Balaban J connectivity index is 1.68. The number of nitrogens with zero attached hydrogens (tertiary/aromatic N) is 5. The second-order valence-corrected chi connectivity index (χ2v) is 5.85. The third-order valence-corrected chi connectivity index (χ3v) is 4.03. The molecule has 1 N–H and O–H groups in total. The molecule has 0 unspecified atom stereocenters. The van der Waals surface area contributed by atoms with Crippen LogP contribution in [0.3, 0.4) is 0 Å². The van der Waals surface area contributed by atoms with Crippen molar-refractivity contribution in [3.8, 4) is 0 Å². The second-order valence-electron chi connectivity index (χ2n) is 5.85. The van der Waals surface area contributed by atoms with Crippen molar-refractivity contribution in [1.29, 1.82) is 0 Å². The number of likely N-dealkylation sites (tertiary alicyclic amines) is 1. The number of rotatable bonds is 6. The fourth-order valence-electron chi connectivity index (χ4n) is 2.85. The number of carbonyl (C=O) groups excluding carboxylic acids is 2. The van der Waals surface area contributed by atoms with Crippen LogP contribution < -0.4 is 5.32 Å². The van der Waals surface area contributed by atoms with E-state index in [9.17, 15) is 9.59 Å². The summed E-state index contributed by atoms with van der Waals surface area (Å²) in [4.78, 5) is 26.8. The molecule has 8 heteroatoms. The zero-order valence-corrected chi connectivity index (χ0v) is 13.3. The first kappa shape index (κ1) is 16.1. The minimum absolute atomic E-state index is 0.00836. The van der Waals surface area contributed by atoms with Gasteiger partial charge in [0.1, 0.15) is 18.9 Å². The van der Waals surface area contributed by atoms with Gasteiger partial charge in [-0.2, -0.15) is 0 Å². The summed E-state index contributed by atoms with van der Waals surface area (Å²) in [5.74, 6) is -0.308. The van der Waals surface area contributed by atoms with E-state index in [1.54, 1.807) is 0 Å². The zero-order valence-electron chi connectivity index (χ0n) is 13.3. The number of tetrazole rings is 1. The molecule has 0 bridgehead atoms. The average Bonchev–Trinajstić information content (AvgIpc) is 3.28. The predicted octanol–water partition coefficient (Wildman–Crippen LogP) is 0.0230. The molecule has 1 aliphatic heterocycles. The fourth-order valence-corrected chi connectivity index (χ4v) is 2.85. The maximum atomic E-state index is 12.8. The molecule has 24 heavy (non-hydrogen) atoms. The standard InChI is InChI=1S/C16H20N6O2/c23-15(11-22-12-17-19-20-22)18-14(10-13-6-2-1-3-7-13)16(24)21-8-4-5-9-21/h1-3,6-7,12,14H,4-5,8-11H2,(H,18,23)/t14-/m1/s1. The van der Waals surface area contributed by atoms with Crippen molar-refractivity contribution in [2.75, 3.05) is 13.1 Å². The van der Waals surface area contributed by atoms with Crippen molar-refractivity contribution in [1.82, 2.24) is 30.4 Å². The second kappa shape index (κ2) is 7.67. The molecule has 1 aromatic heterocycles. The van der Waals surface area contributed by atoms with Gasteiger partial charge in [-0.1, -0.05) is 30.3 Å². The van der Waals surface area contributed by atoms with Crippen molar-refractivity contribution >= 4 is 11.8 Å². The van der Waals surface area contributed by atoms with E-state index in [0.717, 1.165) is 31.5 Å². The van der Waals surface area contributed by atoms with Crippen LogP contribution in [0.1, 0.15) is 18.4 Å². The summed E-state index contributed by atoms with van der Waals surface area (Å²) < 4.78 is 1.33. The molecule has 0 radical (unpaired) electrons. The highest BCUT2D eigenvalue weighted by atomic mass is 16.2. The Labute approximate surface area is 139 Å². The van der Waals surface area contributed by atoms with Gasteiger partial charge in [0.2, 0.25) is 11.8 Å². The summed E-state index contributed by atoms with van der Waals surface area (Å²) in [6, 6.07) is 9.12. The summed E-state index contributed by atoms with van der Waals surface area (Å²) in [5, 5.41) is 13.5. The van der Waals surface area contributed by atoms with E-state index in [2.05, 4.69) is 20.8 Å². The average molecular weight is 328 g/mol. The molecule has 1 aliphatic rings. The van der Waals surface area contributed by atoms with E-state index in [0.29, 0.717) is 6.42 Å². The SMILES string of the molecule is O=C(Cn1cnnn1)N[C@H](Cc1ccccc1)C(=O)N1CCCC1. The number of hydrogen-bond donors (Lipinski definition) is 1. The fraction of sp³-hybridized carbons (Fsp3) is 0.438. The number of benzene rings is 1. The highest BCUT2D eigenvalue weighted by Crippen LogP contribution is 2.12. The molecule has 1 fully saturated rings. The van der Waals surface area contributed by atoms with Gasteiger partial charge in [-0.3, -0.25) is 9.59 Å². The number of carbonyl (C=O) groups is 2. The molecule has 2 aromatic rings. The van der Waals surface area contributed by atoms with E-state index in [-0.39, 0.29) is 18.4 Å². The van der Waals surface area contributed by atoms with E-state index in [4.69, 9.17) is 0 Å². The van der Waals surface area contributed by atoms with E-state index in [1.165, 1.54) is 11.0 Å². The number of hydrogen-bond acceptors (Lipinski definition) is 5. The largest absolute Gasteiger partial charge is 0.342 e. The molecule has 1 saturated heterocycles. The minimum atomic E-state index is -0.575. The summed E-state index contributed by atoms with van der Waals surface area (Å²) >= 11 is 0. The van der Waals surface area contributed by atoms with Crippen molar-refractivity contribution in [2.45, 2.75) is 31.8 Å². The third kappa shape index (κ3) is 4.15. The molecule has 2 heterocycles. The van der Waals surface area contributed by atoms with Crippen LogP contribution in [0.2, 0.25) is 0 Å². The first-order chi connectivity index (χ1) is 11.7. The Bertz CT molecular complexity index is 667. The van der Waals surface area contributed by atoms with Crippen LogP contribution in [0.5, 0.6) is 0 Å². The van der Waals surface area contributed by atoms with Crippen molar-refractivity contribution in [3.05, 3.63) is 42.2 Å². The van der Waals surface area contributed by atoms with Gasteiger partial charge in [0.25, 0.3) is 0 Å². The lowest BCUT2D eigenvalue weighted by molar-refractivity contribution is -0.135. The van der Waals surface area contributed by atoms with Gasteiger partial charge < -0.3 is 10.2 Å². The third-order valence-electron chi connectivity index (χ3n) is 4.03. The van der Waals surface area contributed by atoms with Crippen molar-refractivity contribution in [3.63, 3.8) is 0 Å². The lowest BCUT2D eigenvalue weighted by Crippen LogP contribution is -2.49. The van der Waals surface area contributed by atoms with Crippen LogP contribution in [0.4, 0.5) is 0 Å². The molecule has 1 atom stereocenters. The summed E-state index contributed by atoms with van der Waals surface area (Å²) in [7, 11) is 0. The normalized spacial score (nSPS) is 15.2. The summed E-state index contributed by atoms with van der Waals surface area (Å²) in [6.07, 6.45) is 3.87. The van der Waals surface area contributed by atoms with Gasteiger partial charge in [-0.25, -0.2) is 4.68 Å². The van der Waals surface area contributed by atoms with E-state index >= 15 is 0 Å². The van der Waals surface area contributed by atoms with E-state index < -0.39 is 6.04 Å². The van der Waals surface area contributed by atoms with E-state index in [1.807, 2.05) is 35.2 Å². The lowest BCUT2D eigenvalue weighted by Gasteiger charge is -2.24. The number of nitrogens with one attached hydrogen (secondary N) is 1. The highest BCUT2D eigenvalue weighted by molar-refractivity contribution is 5.88. The first-order valence-corrected chi connectivity index (χ1v) is 8.05. The van der Waals surface area contributed by atoms with Crippen LogP contribution >= 0.6 is 0 Å². The monoisotopic (exact) mass is 328 g/mol. The number of aromatic nitrogens is 4. The first-order valence-electron chi connectivity index (χ1n) is 8.05. The molecule has 0 saturated carbocycles. The Kier molecular flexibility index (Phi) is 5.15. The van der Waals surface area contributed by atoms with Gasteiger partial charge in [-0.05, 0) is 28.8 Å². The van der Waals surface area contributed by atoms with Crippen LogP contribution in [-0.4, -0.2) is 56.1 Å². The van der Waals surface area contributed by atoms with Crippen LogP contribution in [0, 0.1) is 0 Å². The quantitative estimate of drug-likeness (QED) is 0.807. The molecular weight excluding hydrogens is 308 g/mol. The Hall–Kier alpha value is -2.77. The maximum Gasteiger partial charge on any atom is 0.245 e. The number of amides is 2. The molecule has 1 aromatic carbocycles. The Morgan fingerprint density at radius 1 is 1.17 bits per heavy atom. The zero-order chi connectivity index (χ0) is 16.8. The van der Waals surface area contributed by atoms with Gasteiger partial charge in [-0.15, -0.1) is 5.10 Å². The van der Waals surface area contributed by atoms with Gasteiger partial charge in [0.15, 0.2) is 0 Å². The molecular formula is C16H20N6O2. The van der Waals surface area contributed by atoms with Crippen LogP contribution in [0.15, 0.2) is 36.7 Å². The Morgan fingerprint density at radius 2 is 1.92 bits per heavy atom. The molecule has 0 aliphatic carbocycles. The summed E-state index contributed by atoms with van der Waals surface area (Å²) in [5.41, 5.74) is 1.01. The van der Waals surface area contributed by atoms with Gasteiger partial charge in [0.05, 0.1) is 0 Å². The molecule has 0 spiro atoms. The smallest absolute Gasteiger partial charge is 0.245 e. The minimum Gasteiger partial charge on any atom is -0.342 e. The van der Waals surface area contributed by atoms with Crippen molar-refractivity contribution in [2.24, 2.45) is 0 Å². The lowest BCUT2D eigenvalue weighted by atomic mass is 10.0. The predicted molar refractivity (Wildman–Crippen MR) is 85.7 cm³/mol. The van der Waals surface area contributed by atoms with Crippen LogP contribution in [-0.2, 0) is 22.6 Å². The highest BCUT2D eigenvalue weighted by Gasteiger charge is 2.28. The molecule has 126 valence electrons. The molecule has 3 rings (SSSR count). The van der Waals surface area contributed by atoms with Crippen molar-refractivity contribution < 1.29 is 9.59 Å². The maximum absolute atomic E-state index is 12.8. The molecule has 2 amide bonds. The van der Waals surface area contributed by atoms with Crippen LogP contribution in [0.25, 0.3) is 0 Å². The van der Waals surface area contributed by atoms with Gasteiger partial charge >= 0.3 is 0 Å². The van der Waals surface area contributed by atoms with Gasteiger partial charge in [0, 0.05) is 19.5 Å². The summed E-state index contributed by atoms with van der Waals surface area (Å²) in [6.45, 7) is 1.51. The topological polar surface area (TPSA) is 93.0 Å². The molecule has 8 nitrogen and oxygen atoms in total. The Morgan fingerprint density at radius 3 is 2.58 bits per heavy atom.